The molecular weight excluding hydrogens is 390 g/mol. The number of nitro benzene ring substituents is 1. The molecule has 146 valence electrons. The molecule has 0 radical (unpaired) electrons. The van der Waals surface area contributed by atoms with Crippen molar-refractivity contribution in [3.8, 4) is 0 Å². The van der Waals surface area contributed by atoms with Crippen LogP contribution in [0.3, 0.4) is 0 Å². The van der Waals surface area contributed by atoms with E-state index in [2.05, 4.69) is 10.6 Å². The third-order valence-electron chi connectivity index (χ3n) is 3.52. The molecule has 2 aromatic carbocycles. The number of halogens is 1. The van der Waals surface area contributed by atoms with Gasteiger partial charge in [-0.2, -0.15) is 0 Å². The predicted octanol–water partition coefficient (Wildman–Crippen LogP) is 2.55. The summed E-state index contributed by atoms with van der Waals surface area (Å²) in [5.74, 6) is -2.09. The Labute approximate surface area is 164 Å². The van der Waals surface area contributed by atoms with Crippen molar-refractivity contribution in [2.75, 3.05) is 11.9 Å². The van der Waals surface area contributed by atoms with E-state index in [1.165, 1.54) is 19.1 Å². The molecule has 0 fully saturated rings. The summed E-state index contributed by atoms with van der Waals surface area (Å²) < 4.78 is 4.96. The summed E-state index contributed by atoms with van der Waals surface area (Å²) in [6.45, 7) is 0.874. The summed E-state index contributed by atoms with van der Waals surface area (Å²) in [6, 6.07) is 12.1. The van der Waals surface area contributed by atoms with Gasteiger partial charge in [0.15, 0.2) is 6.10 Å². The van der Waals surface area contributed by atoms with Crippen LogP contribution in [0.15, 0.2) is 48.5 Å². The minimum atomic E-state index is -1.08. The Bertz CT molecular complexity index is 903. The van der Waals surface area contributed by atoms with Crippen molar-refractivity contribution in [2.24, 2.45) is 0 Å². The number of benzene rings is 2. The second-order valence-corrected chi connectivity index (χ2v) is 6.00. The van der Waals surface area contributed by atoms with Gasteiger partial charge >= 0.3 is 5.97 Å². The highest BCUT2D eigenvalue weighted by Gasteiger charge is 2.20. The van der Waals surface area contributed by atoms with Crippen LogP contribution in [0.2, 0.25) is 5.02 Å². The molecule has 2 N–H and O–H groups in total. The zero-order chi connectivity index (χ0) is 20.7. The number of nitro groups is 1. The highest BCUT2D eigenvalue weighted by atomic mass is 35.5. The van der Waals surface area contributed by atoms with Crippen molar-refractivity contribution < 1.29 is 24.0 Å². The lowest BCUT2D eigenvalue weighted by Crippen LogP contribution is -2.35. The summed E-state index contributed by atoms with van der Waals surface area (Å²) >= 11 is 5.68. The Balaban J connectivity index is 1.86. The van der Waals surface area contributed by atoms with E-state index in [1.807, 2.05) is 0 Å². The molecule has 0 heterocycles. The van der Waals surface area contributed by atoms with Gasteiger partial charge < -0.3 is 15.4 Å². The van der Waals surface area contributed by atoms with Gasteiger partial charge in [0, 0.05) is 17.3 Å². The van der Waals surface area contributed by atoms with Gasteiger partial charge in [-0.05, 0) is 31.2 Å². The first-order valence-corrected chi connectivity index (χ1v) is 8.43. The van der Waals surface area contributed by atoms with Crippen molar-refractivity contribution in [2.45, 2.75) is 13.0 Å². The van der Waals surface area contributed by atoms with Crippen LogP contribution in [0.4, 0.5) is 11.4 Å². The van der Waals surface area contributed by atoms with E-state index in [0.717, 1.165) is 6.07 Å². The number of hydrogen-bond donors (Lipinski definition) is 2. The molecule has 0 aliphatic heterocycles. The molecule has 2 rings (SSSR count). The molecule has 1 unspecified atom stereocenters. The van der Waals surface area contributed by atoms with Gasteiger partial charge in [-0.25, -0.2) is 0 Å². The molecule has 28 heavy (non-hydrogen) atoms. The summed E-state index contributed by atoms with van der Waals surface area (Å²) in [5.41, 5.74) is 0.0786. The standard InChI is InChI=1S/C18H16ClN3O6/c1-11(17(24)21-13-5-3-2-4-6-13)28-16(23)10-20-18(25)12-7-8-14(19)15(9-12)22(26)27/h2-9,11H,10H2,1H3,(H,20,25)(H,21,24). The third kappa shape index (κ3) is 5.78. The predicted molar refractivity (Wildman–Crippen MR) is 101 cm³/mol. The first-order valence-electron chi connectivity index (χ1n) is 8.05. The normalized spacial score (nSPS) is 11.2. The lowest BCUT2D eigenvalue weighted by atomic mass is 10.2. The Morgan fingerprint density at radius 3 is 2.50 bits per heavy atom. The lowest BCUT2D eigenvalue weighted by Gasteiger charge is -2.14. The van der Waals surface area contributed by atoms with Crippen LogP contribution in [0.1, 0.15) is 17.3 Å². The van der Waals surface area contributed by atoms with Crippen LogP contribution < -0.4 is 10.6 Å². The summed E-state index contributed by atoms with van der Waals surface area (Å²) in [6.07, 6.45) is -1.08. The molecule has 0 bridgehead atoms. The quantitative estimate of drug-likeness (QED) is 0.414. The van der Waals surface area contributed by atoms with Crippen molar-refractivity contribution >= 4 is 40.8 Å². The summed E-state index contributed by atoms with van der Waals surface area (Å²) in [4.78, 5) is 46.0. The second-order valence-electron chi connectivity index (χ2n) is 5.59. The smallest absolute Gasteiger partial charge is 0.326 e. The van der Waals surface area contributed by atoms with Gasteiger partial charge in [0.2, 0.25) is 0 Å². The number of anilines is 1. The number of rotatable bonds is 7. The lowest BCUT2D eigenvalue weighted by molar-refractivity contribution is -0.384. The molecular formula is C18H16ClN3O6. The minimum Gasteiger partial charge on any atom is -0.451 e. The van der Waals surface area contributed by atoms with E-state index in [1.54, 1.807) is 30.3 Å². The zero-order valence-electron chi connectivity index (χ0n) is 14.7. The van der Waals surface area contributed by atoms with Gasteiger partial charge in [-0.15, -0.1) is 0 Å². The average molecular weight is 406 g/mol. The first kappa shape index (κ1) is 20.8. The minimum absolute atomic E-state index is 0.0428. The van der Waals surface area contributed by atoms with E-state index < -0.39 is 41.0 Å². The summed E-state index contributed by atoms with van der Waals surface area (Å²) in [5, 5.41) is 15.6. The Kier molecular flexibility index (Phi) is 7.05. The highest BCUT2D eigenvalue weighted by molar-refractivity contribution is 6.32. The number of hydrogen-bond acceptors (Lipinski definition) is 6. The maximum absolute atomic E-state index is 12.0. The molecule has 9 nitrogen and oxygen atoms in total. The second kappa shape index (κ2) is 9.47. The fourth-order valence-electron chi connectivity index (χ4n) is 2.11. The molecule has 2 amide bonds. The van der Waals surface area contributed by atoms with Crippen molar-refractivity contribution in [1.29, 1.82) is 0 Å². The average Bonchev–Trinajstić information content (AvgIpc) is 2.67. The molecule has 0 spiro atoms. The number of carbonyl (C=O) groups excluding carboxylic acids is 3. The Morgan fingerprint density at radius 1 is 1.18 bits per heavy atom. The SMILES string of the molecule is CC(OC(=O)CNC(=O)c1ccc(Cl)c([N+](=O)[O-])c1)C(=O)Nc1ccccc1. The van der Waals surface area contributed by atoms with E-state index in [-0.39, 0.29) is 10.6 Å². The first-order chi connectivity index (χ1) is 13.3. The molecule has 0 aromatic heterocycles. The number of para-hydroxylation sites is 1. The molecule has 2 aromatic rings. The molecule has 0 aliphatic rings. The van der Waals surface area contributed by atoms with Gasteiger partial charge in [0.05, 0.1) is 4.92 Å². The Hall–Kier alpha value is -3.46. The third-order valence-corrected chi connectivity index (χ3v) is 3.84. The van der Waals surface area contributed by atoms with E-state index in [9.17, 15) is 24.5 Å². The topological polar surface area (TPSA) is 128 Å². The van der Waals surface area contributed by atoms with Crippen molar-refractivity contribution in [3.63, 3.8) is 0 Å². The van der Waals surface area contributed by atoms with Crippen LogP contribution in [0.25, 0.3) is 0 Å². The summed E-state index contributed by atoms with van der Waals surface area (Å²) in [7, 11) is 0. The molecule has 0 saturated heterocycles. The van der Waals surface area contributed by atoms with Crippen LogP contribution in [0.5, 0.6) is 0 Å². The Morgan fingerprint density at radius 2 is 1.86 bits per heavy atom. The highest BCUT2D eigenvalue weighted by Crippen LogP contribution is 2.24. The number of amides is 2. The maximum atomic E-state index is 12.0. The van der Waals surface area contributed by atoms with E-state index in [4.69, 9.17) is 16.3 Å². The van der Waals surface area contributed by atoms with Crippen LogP contribution in [-0.2, 0) is 14.3 Å². The van der Waals surface area contributed by atoms with E-state index in [0.29, 0.717) is 5.69 Å². The van der Waals surface area contributed by atoms with Gasteiger partial charge in [0.1, 0.15) is 11.6 Å². The fourth-order valence-corrected chi connectivity index (χ4v) is 2.29. The van der Waals surface area contributed by atoms with E-state index >= 15 is 0 Å². The van der Waals surface area contributed by atoms with Gasteiger partial charge in [-0.1, -0.05) is 29.8 Å². The number of nitrogens with one attached hydrogen (secondary N) is 2. The molecule has 10 heteroatoms. The number of carbonyl (C=O) groups is 3. The van der Waals surface area contributed by atoms with Gasteiger partial charge in [-0.3, -0.25) is 24.5 Å². The van der Waals surface area contributed by atoms with Crippen molar-refractivity contribution in [1.82, 2.24) is 5.32 Å². The van der Waals surface area contributed by atoms with Crippen LogP contribution >= 0.6 is 11.6 Å². The fraction of sp³-hybridized carbons (Fsp3) is 0.167. The van der Waals surface area contributed by atoms with Crippen LogP contribution in [0, 0.1) is 10.1 Å². The zero-order valence-corrected chi connectivity index (χ0v) is 15.4. The number of nitrogens with zero attached hydrogens (tertiary/aromatic N) is 1. The van der Waals surface area contributed by atoms with Crippen molar-refractivity contribution in [3.05, 3.63) is 69.2 Å². The molecule has 1 atom stereocenters. The van der Waals surface area contributed by atoms with Crippen LogP contribution in [-0.4, -0.2) is 35.4 Å². The molecule has 0 saturated carbocycles. The largest absolute Gasteiger partial charge is 0.451 e. The van der Waals surface area contributed by atoms with Gasteiger partial charge in [0.25, 0.3) is 17.5 Å². The number of ether oxygens (including phenoxy) is 1. The maximum Gasteiger partial charge on any atom is 0.326 e. The number of esters is 1. The molecule has 0 aliphatic carbocycles. The monoisotopic (exact) mass is 405 g/mol.